The van der Waals surface area contributed by atoms with Gasteiger partial charge in [-0.15, -0.1) is 0 Å². The maximum atomic E-state index is 11.9. The number of nitrogens with one attached hydrogen (secondary N) is 3. The van der Waals surface area contributed by atoms with Gasteiger partial charge in [0.05, 0.1) is 17.4 Å². The average molecular weight is 254 g/mol. The lowest BCUT2D eigenvalue weighted by molar-refractivity contribution is 0.102. The Hall–Kier alpha value is -2.89. The summed E-state index contributed by atoms with van der Waals surface area (Å²) in [6.07, 6.45) is 3.77. The van der Waals surface area contributed by atoms with Crippen molar-refractivity contribution in [2.75, 3.05) is 5.32 Å². The van der Waals surface area contributed by atoms with Gasteiger partial charge in [0.25, 0.3) is 5.91 Å². The molecule has 0 atom stereocenters. The normalized spacial score (nSPS) is 10.5. The third-order valence-corrected chi connectivity index (χ3v) is 2.76. The largest absolute Gasteiger partial charge is 0.356 e. The van der Waals surface area contributed by atoms with Gasteiger partial charge in [-0.25, -0.2) is 4.98 Å². The summed E-state index contributed by atoms with van der Waals surface area (Å²) in [6.45, 7) is 0. The molecule has 3 rings (SSSR count). The number of benzene rings is 1. The van der Waals surface area contributed by atoms with E-state index in [-0.39, 0.29) is 5.91 Å². The summed E-state index contributed by atoms with van der Waals surface area (Å²) in [4.78, 5) is 32.3. The average Bonchev–Trinajstić information content (AvgIpc) is 3.06. The van der Waals surface area contributed by atoms with Gasteiger partial charge in [0, 0.05) is 17.4 Å². The van der Waals surface area contributed by atoms with Crippen molar-refractivity contribution in [3.63, 3.8) is 0 Å². The first-order valence-corrected chi connectivity index (χ1v) is 5.64. The molecule has 0 aliphatic heterocycles. The fourth-order valence-electron chi connectivity index (χ4n) is 1.82. The number of fused-ring (bicyclic) bond motifs is 1. The molecule has 0 fully saturated rings. The number of hydrogen-bond acceptors (Lipinski definition) is 3. The monoisotopic (exact) mass is 254 g/mol. The second-order valence-corrected chi connectivity index (χ2v) is 4.05. The molecule has 2 aromatic heterocycles. The van der Waals surface area contributed by atoms with Crippen molar-refractivity contribution in [1.82, 2.24) is 15.0 Å². The Morgan fingerprint density at radius 2 is 2.16 bits per heavy atom. The Morgan fingerprint density at radius 3 is 2.95 bits per heavy atom. The van der Waals surface area contributed by atoms with Gasteiger partial charge in [-0.1, -0.05) is 0 Å². The minimum atomic E-state index is -0.299. The molecule has 0 saturated carbocycles. The quantitative estimate of drug-likeness (QED) is 0.624. The summed E-state index contributed by atoms with van der Waals surface area (Å²) in [5.41, 5.74) is 3.11. The van der Waals surface area contributed by atoms with Gasteiger partial charge < -0.3 is 15.3 Å². The van der Waals surface area contributed by atoms with Crippen LogP contribution in [0.2, 0.25) is 0 Å². The number of carbonyl (C=O) groups excluding carboxylic acids is 2. The van der Waals surface area contributed by atoms with Crippen LogP contribution in [0.5, 0.6) is 0 Å². The molecule has 94 valence electrons. The lowest BCUT2D eigenvalue weighted by Gasteiger charge is -2.03. The van der Waals surface area contributed by atoms with Crippen LogP contribution < -0.4 is 5.32 Å². The first-order chi connectivity index (χ1) is 9.26. The van der Waals surface area contributed by atoms with Crippen molar-refractivity contribution < 1.29 is 9.59 Å². The fourth-order valence-corrected chi connectivity index (χ4v) is 1.82. The molecule has 0 bridgehead atoms. The maximum absolute atomic E-state index is 11.9. The number of H-pyrrole nitrogens is 2. The smallest absolute Gasteiger partial charge is 0.272 e. The second kappa shape index (κ2) is 4.41. The minimum Gasteiger partial charge on any atom is -0.356 e. The Morgan fingerprint density at radius 1 is 1.26 bits per heavy atom. The molecule has 0 aliphatic carbocycles. The fraction of sp³-hybridized carbons (Fsp3) is 0. The second-order valence-electron chi connectivity index (χ2n) is 4.05. The number of aromatic amines is 2. The Labute approximate surface area is 107 Å². The first kappa shape index (κ1) is 11.2. The zero-order valence-corrected chi connectivity index (χ0v) is 9.81. The molecule has 0 saturated heterocycles. The first-order valence-electron chi connectivity index (χ1n) is 5.64. The Balaban J connectivity index is 1.83. The summed E-state index contributed by atoms with van der Waals surface area (Å²) >= 11 is 0. The van der Waals surface area contributed by atoms with E-state index in [0.29, 0.717) is 23.2 Å². The van der Waals surface area contributed by atoms with Crippen LogP contribution in [0, 0.1) is 0 Å². The van der Waals surface area contributed by atoms with E-state index in [9.17, 15) is 9.59 Å². The number of carbonyl (C=O) groups is 2. The zero-order chi connectivity index (χ0) is 13.2. The van der Waals surface area contributed by atoms with Crippen LogP contribution >= 0.6 is 0 Å². The zero-order valence-electron chi connectivity index (χ0n) is 9.81. The highest BCUT2D eigenvalue weighted by Gasteiger charge is 2.09. The molecule has 0 radical (unpaired) electrons. The lowest BCUT2D eigenvalue weighted by atomic mass is 10.2. The SMILES string of the molecule is O=Cc1c[nH]c(C(=O)Nc2ccc3nc[nH]c3c2)c1. The molecule has 1 amide bonds. The van der Waals surface area contributed by atoms with Crippen molar-refractivity contribution in [2.45, 2.75) is 0 Å². The van der Waals surface area contributed by atoms with E-state index in [1.54, 1.807) is 18.5 Å². The van der Waals surface area contributed by atoms with Gasteiger partial charge in [-0.05, 0) is 24.3 Å². The number of nitrogens with zero attached hydrogens (tertiary/aromatic N) is 1. The third kappa shape index (κ3) is 2.11. The Bertz CT molecular complexity index is 757. The minimum absolute atomic E-state index is 0.299. The molecule has 0 unspecified atom stereocenters. The van der Waals surface area contributed by atoms with Crippen molar-refractivity contribution in [3.8, 4) is 0 Å². The highest BCUT2D eigenvalue weighted by atomic mass is 16.2. The van der Waals surface area contributed by atoms with E-state index >= 15 is 0 Å². The topological polar surface area (TPSA) is 90.6 Å². The number of amides is 1. The number of aldehydes is 1. The highest BCUT2D eigenvalue weighted by molar-refractivity contribution is 6.04. The molecule has 3 N–H and O–H groups in total. The number of anilines is 1. The van der Waals surface area contributed by atoms with Crippen molar-refractivity contribution in [1.29, 1.82) is 0 Å². The molecule has 0 aliphatic rings. The summed E-state index contributed by atoms with van der Waals surface area (Å²) in [5.74, 6) is -0.299. The van der Waals surface area contributed by atoms with Crippen LogP contribution in [0.3, 0.4) is 0 Å². The van der Waals surface area contributed by atoms with Gasteiger partial charge in [-0.2, -0.15) is 0 Å². The Kier molecular flexibility index (Phi) is 2.60. The van der Waals surface area contributed by atoms with E-state index in [4.69, 9.17) is 0 Å². The highest BCUT2D eigenvalue weighted by Crippen LogP contribution is 2.16. The van der Waals surface area contributed by atoms with Crippen LogP contribution in [0.1, 0.15) is 20.8 Å². The molecule has 6 heteroatoms. The van der Waals surface area contributed by atoms with Gasteiger partial charge in [0.2, 0.25) is 0 Å². The van der Waals surface area contributed by atoms with E-state index in [0.717, 1.165) is 11.0 Å². The molecule has 6 nitrogen and oxygen atoms in total. The number of rotatable bonds is 3. The van der Waals surface area contributed by atoms with Crippen molar-refractivity contribution in [2.24, 2.45) is 0 Å². The summed E-state index contributed by atoms with van der Waals surface area (Å²) in [5, 5.41) is 2.74. The number of hydrogen-bond donors (Lipinski definition) is 3. The molecule has 2 heterocycles. The predicted molar refractivity (Wildman–Crippen MR) is 70.2 cm³/mol. The predicted octanol–water partition coefficient (Wildman–Crippen LogP) is 1.96. The lowest BCUT2D eigenvalue weighted by Crippen LogP contribution is -2.12. The van der Waals surface area contributed by atoms with E-state index in [1.165, 1.54) is 12.3 Å². The van der Waals surface area contributed by atoms with Crippen molar-refractivity contribution >= 4 is 28.9 Å². The summed E-state index contributed by atoms with van der Waals surface area (Å²) in [6, 6.07) is 6.87. The molecule has 0 spiro atoms. The van der Waals surface area contributed by atoms with E-state index in [1.807, 2.05) is 6.07 Å². The van der Waals surface area contributed by atoms with Gasteiger partial charge in [-0.3, -0.25) is 9.59 Å². The summed E-state index contributed by atoms with van der Waals surface area (Å²) in [7, 11) is 0. The number of aromatic nitrogens is 3. The molecular formula is C13H10N4O2. The van der Waals surface area contributed by atoms with Gasteiger partial charge in [0.15, 0.2) is 6.29 Å². The molecule has 3 aromatic rings. The molecular weight excluding hydrogens is 244 g/mol. The summed E-state index contributed by atoms with van der Waals surface area (Å²) < 4.78 is 0. The molecule has 1 aromatic carbocycles. The van der Waals surface area contributed by atoms with Crippen LogP contribution in [0.4, 0.5) is 5.69 Å². The standard InChI is InChI=1S/C13H10N4O2/c18-6-8-3-12(14-5-8)13(19)17-9-1-2-10-11(4-9)16-7-15-10/h1-7,14H,(H,15,16)(H,17,19). The third-order valence-electron chi connectivity index (χ3n) is 2.76. The van der Waals surface area contributed by atoms with Crippen LogP contribution in [0.25, 0.3) is 11.0 Å². The van der Waals surface area contributed by atoms with Gasteiger partial charge in [0.1, 0.15) is 5.69 Å². The van der Waals surface area contributed by atoms with Crippen LogP contribution in [-0.4, -0.2) is 27.1 Å². The van der Waals surface area contributed by atoms with Crippen LogP contribution in [-0.2, 0) is 0 Å². The van der Waals surface area contributed by atoms with E-state index < -0.39 is 0 Å². The number of imidazole rings is 1. The molecule has 19 heavy (non-hydrogen) atoms. The van der Waals surface area contributed by atoms with Gasteiger partial charge >= 0.3 is 0 Å². The van der Waals surface area contributed by atoms with E-state index in [2.05, 4.69) is 20.3 Å². The maximum Gasteiger partial charge on any atom is 0.272 e. The van der Waals surface area contributed by atoms with Crippen molar-refractivity contribution in [3.05, 3.63) is 48.0 Å². The van der Waals surface area contributed by atoms with Crippen LogP contribution in [0.15, 0.2) is 36.8 Å².